The smallest absolute Gasteiger partial charge is 0.139 e. The van der Waals surface area contributed by atoms with Crippen molar-refractivity contribution in [3.63, 3.8) is 0 Å². The minimum absolute atomic E-state index is 0.175. The predicted molar refractivity (Wildman–Crippen MR) is 84.9 cm³/mol. The summed E-state index contributed by atoms with van der Waals surface area (Å²) < 4.78 is 13.2. The summed E-state index contributed by atoms with van der Waals surface area (Å²) in [6.07, 6.45) is 1.62. The first-order valence-corrected chi connectivity index (χ1v) is 7.22. The molecule has 2 rings (SSSR count). The number of hydrogen-bond donors (Lipinski definition) is 2. The number of halogens is 3. The Morgan fingerprint density at radius 1 is 1.24 bits per heavy atom. The van der Waals surface area contributed by atoms with E-state index < -0.39 is 5.82 Å². The van der Waals surface area contributed by atoms with Gasteiger partial charge in [0.2, 0.25) is 0 Å². The lowest BCUT2D eigenvalue weighted by Gasteiger charge is -2.14. The van der Waals surface area contributed by atoms with Crippen LogP contribution in [0.3, 0.4) is 0 Å². The van der Waals surface area contributed by atoms with Crippen LogP contribution in [0.15, 0.2) is 12.1 Å². The fraction of sp³-hybridized carbons (Fsp3) is 0.286. The normalized spacial score (nSPS) is 10.7. The second kappa shape index (κ2) is 6.45. The van der Waals surface area contributed by atoms with Crippen LogP contribution in [-0.2, 0) is 6.42 Å². The first-order valence-electron chi connectivity index (χ1n) is 6.47. The van der Waals surface area contributed by atoms with Crippen molar-refractivity contribution in [3.05, 3.63) is 39.4 Å². The Labute approximate surface area is 132 Å². The lowest BCUT2D eigenvalue weighted by Crippen LogP contribution is -2.07. The molecule has 0 saturated heterocycles. The van der Waals surface area contributed by atoms with Crippen molar-refractivity contribution >= 4 is 40.5 Å². The zero-order chi connectivity index (χ0) is 15.6. The summed E-state index contributed by atoms with van der Waals surface area (Å²) in [4.78, 5) is 8.63. The van der Waals surface area contributed by atoms with Gasteiger partial charge in [-0.1, -0.05) is 30.1 Å². The largest absolute Gasteiger partial charge is 0.383 e. The third-order valence-corrected chi connectivity index (χ3v) is 3.55. The van der Waals surface area contributed by atoms with Gasteiger partial charge in [-0.3, -0.25) is 0 Å². The summed E-state index contributed by atoms with van der Waals surface area (Å²) in [6, 6.07) is 2.37. The molecule has 0 unspecified atom stereocenters. The summed E-state index contributed by atoms with van der Waals surface area (Å²) in [7, 11) is 0. The van der Waals surface area contributed by atoms with Crippen LogP contribution < -0.4 is 11.1 Å². The number of nitrogens with zero attached hydrogens (tertiary/aromatic N) is 2. The van der Waals surface area contributed by atoms with Gasteiger partial charge in [-0.25, -0.2) is 14.4 Å². The molecule has 0 atom stereocenters. The van der Waals surface area contributed by atoms with E-state index in [0.29, 0.717) is 35.1 Å². The molecular weight excluding hydrogens is 314 g/mol. The molecule has 21 heavy (non-hydrogen) atoms. The van der Waals surface area contributed by atoms with E-state index >= 15 is 0 Å². The van der Waals surface area contributed by atoms with E-state index in [0.717, 1.165) is 6.42 Å². The van der Waals surface area contributed by atoms with Gasteiger partial charge in [0.25, 0.3) is 0 Å². The van der Waals surface area contributed by atoms with Crippen molar-refractivity contribution in [1.82, 2.24) is 9.97 Å². The fourth-order valence-corrected chi connectivity index (χ4v) is 2.37. The van der Waals surface area contributed by atoms with Gasteiger partial charge in [-0.15, -0.1) is 0 Å². The van der Waals surface area contributed by atoms with Crippen molar-refractivity contribution in [1.29, 1.82) is 0 Å². The van der Waals surface area contributed by atoms with Crippen LogP contribution in [0.25, 0.3) is 0 Å². The Bertz CT molecular complexity index is 653. The molecule has 0 aliphatic carbocycles. The average molecular weight is 329 g/mol. The van der Waals surface area contributed by atoms with Gasteiger partial charge < -0.3 is 11.1 Å². The number of benzene rings is 1. The molecule has 112 valence electrons. The third-order valence-electron chi connectivity index (χ3n) is 2.95. The van der Waals surface area contributed by atoms with Crippen LogP contribution >= 0.6 is 23.2 Å². The maximum atomic E-state index is 13.2. The van der Waals surface area contributed by atoms with Crippen molar-refractivity contribution < 1.29 is 4.39 Å². The molecule has 1 aromatic heterocycles. The number of nitrogens with two attached hydrogens (primary N) is 1. The van der Waals surface area contributed by atoms with Crippen LogP contribution in [-0.4, -0.2) is 9.97 Å². The summed E-state index contributed by atoms with van der Waals surface area (Å²) in [5.41, 5.74) is 6.97. The van der Waals surface area contributed by atoms with Gasteiger partial charge >= 0.3 is 0 Å². The molecule has 1 aromatic carbocycles. The lowest BCUT2D eigenvalue weighted by molar-refractivity contribution is 0.628. The van der Waals surface area contributed by atoms with Gasteiger partial charge in [-0.2, -0.15) is 0 Å². The highest BCUT2D eigenvalue weighted by molar-refractivity contribution is 6.39. The van der Waals surface area contributed by atoms with Crippen LogP contribution in [0.5, 0.6) is 0 Å². The molecular formula is C14H15Cl2FN4. The topological polar surface area (TPSA) is 63.8 Å². The standard InChI is InChI=1S/C14H15Cl2FN4/c1-3-4-11-19-13(18)7(2)14(20-11)21-12-9(15)5-8(17)6-10(12)16/h5-6H,3-4H2,1-2H3,(H3,18,19,20,21). The Balaban J connectivity index is 2.44. The van der Waals surface area contributed by atoms with Crippen molar-refractivity contribution in [3.8, 4) is 0 Å². The van der Waals surface area contributed by atoms with E-state index in [4.69, 9.17) is 28.9 Å². The highest BCUT2D eigenvalue weighted by Crippen LogP contribution is 2.34. The SMILES string of the molecule is CCCc1nc(N)c(C)c(Nc2c(Cl)cc(F)cc2Cl)n1. The van der Waals surface area contributed by atoms with Gasteiger partial charge in [0.05, 0.1) is 15.7 Å². The summed E-state index contributed by atoms with van der Waals surface area (Å²) >= 11 is 12.0. The molecule has 1 heterocycles. The number of rotatable bonds is 4. The van der Waals surface area contributed by atoms with Gasteiger partial charge in [0.15, 0.2) is 0 Å². The van der Waals surface area contributed by atoms with E-state index in [-0.39, 0.29) is 10.0 Å². The van der Waals surface area contributed by atoms with E-state index in [1.165, 1.54) is 12.1 Å². The van der Waals surface area contributed by atoms with E-state index in [1.54, 1.807) is 6.92 Å². The Hall–Kier alpha value is -1.59. The number of aromatic nitrogens is 2. The maximum absolute atomic E-state index is 13.2. The molecule has 2 aromatic rings. The molecule has 0 bridgehead atoms. The second-order valence-electron chi connectivity index (χ2n) is 4.62. The lowest BCUT2D eigenvalue weighted by atomic mass is 10.2. The molecule has 0 aliphatic heterocycles. The fourth-order valence-electron chi connectivity index (χ4n) is 1.82. The van der Waals surface area contributed by atoms with Gasteiger partial charge in [-0.05, 0) is 25.5 Å². The molecule has 0 fully saturated rings. The van der Waals surface area contributed by atoms with E-state index in [2.05, 4.69) is 15.3 Å². The quantitative estimate of drug-likeness (QED) is 0.866. The summed E-state index contributed by atoms with van der Waals surface area (Å²) in [5.74, 6) is 1.05. The Morgan fingerprint density at radius 3 is 2.43 bits per heavy atom. The molecule has 3 N–H and O–H groups in total. The van der Waals surface area contributed by atoms with Crippen molar-refractivity contribution in [2.24, 2.45) is 0 Å². The van der Waals surface area contributed by atoms with Crippen LogP contribution in [0.4, 0.5) is 21.7 Å². The van der Waals surface area contributed by atoms with Crippen LogP contribution in [0.1, 0.15) is 24.7 Å². The maximum Gasteiger partial charge on any atom is 0.139 e. The first-order chi connectivity index (χ1) is 9.92. The molecule has 0 aliphatic rings. The predicted octanol–water partition coefficient (Wildman–Crippen LogP) is 4.51. The molecule has 0 amide bonds. The second-order valence-corrected chi connectivity index (χ2v) is 5.43. The van der Waals surface area contributed by atoms with Gasteiger partial charge in [0, 0.05) is 12.0 Å². The summed E-state index contributed by atoms with van der Waals surface area (Å²) in [6.45, 7) is 3.82. The molecule has 0 saturated carbocycles. The van der Waals surface area contributed by atoms with Crippen molar-refractivity contribution in [2.45, 2.75) is 26.7 Å². The molecule has 4 nitrogen and oxygen atoms in total. The number of aryl methyl sites for hydroxylation is 1. The minimum atomic E-state index is -0.499. The van der Waals surface area contributed by atoms with E-state index in [9.17, 15) is 4.39 Å². The Morgan fingerprint density at radius 2 is 1.86 bits per heavy atom. The van der Waals surface area contributed by atoms with Crippen LogP contribution in [0.2, 0.25) is 10.0 Å². The van der Waals surface area contributed by atoms with Crippen molar-refractivity contribution in [2.75, 3.05) is 11.1 Å². The number of hydrogen-bond acceptors (Lipinski definition) is 4. The van der Waals surface area contributed by atoms with Crippen LogP contribution in [0, 0.1) is 12.7 Å². The van der Waals surface area contributed by atoms with Gasteiger partial charge in [0.1, 0.15) is 23.3 Å². The Kier molecular flexibility index (Phi) is 4.85. The summed E-state index contributed by atoms with van der Waals surface area (Å²) in [5, 5.41) is 3.36. The first kappa shape index (κ1) is 15.8. The molecule has 0 spiro atoms. The molecule has 0 radical (unpaired) electrons. The highest BCUT2D eigenvalue weighted by atomic mass is 35.5. The monoisotopic (exact) mass is 328 g/mol. The average Bonchev–Trinajstić information content (AvgIpc) is 2.39. The zero-order valence-electron chi connectivity index (χ0n) is 11.7. The number of nitrogen functional groups attached to an aromatic ring is 1. The number of nitrogens with one attached hydrogen (secondary N) is 1. The minimum Gasteiger partial charge on any atom is -0.383 e. The third kappa shape index (κ3) is 3.54. The number of anilines is 3. The van der Waals surface area contributed by atoms with E-state index in [1.807, 2.05) is 6.92 Å². The molecule has 7 heteroatoms. The zero-order valence-corrected chi connectivity index (χ0v) is 13.2. The highest BCUT2D eigenvalue weighted by Gasteiger charge is 2.13.